The summed E-state index contributed by atoms with van der Waals surface area (Å²) in [5.41, 5.74) is 4.00. The number of carbonyl (C=O) groups is 2. The Hall–Kier alpha value is -2.62. The average Bonchev–Trinajstić information content (AvgIpc) is 2.86. The first kappa shape index (κ1) is 14.3. The Morgan fingerprint density at radius 3 is 2.00 bits per heavy atom. The summed E-state index contributed by atoms with van der Waals surface area (Å²) < 4.78 is 4.66. The summed E-state index contributed by atoms with van der Waals surface area (Å²) in [4.78, 5) is 23.4. The van der Waals surface area contributed by atoms with Gasteiger partial charge in [-0.25, -0.2) is 0 Å². The van der Waals surface area contributed by atoms with Gasteiger partial charge in [0.2, 0.25) is 0 Å². The molecule has 1 atom stereocenters. The summed E-state index contributed by atoms with van der Waals surface area (Å²) >= 11 is 0. The molecule has 0 saturated heterocycles. The molecule has 0 unspecified atom stereocenters. The number of carbonyl (C=O) groups excluding carboxylic acids is 1. The van der Waals surface area contributed by atoms with E-state index in [0.29, 0.717) is 0 Å². The highest BCUT2D eigenvalue weighted by Gasteiger charge is 2.39. The number of fused-ring (bicyclic) bond motifs is 3. The molecular weight excluding hydrogens is 280 g/mol. The molecule has 0 radical (unpaired) electrons. The second kappa shape index (κ2) is 5.64. The van der Waals surface area contributed by atoms with Crippen LogP contribution in [-0.4, -0.2) is 24.2 Å². The van der Waals surface area contributed by atoms with E-state index < -0.39 is 17.9 Å². The van der Waals surface area contributed by atoms with Crippen molar-refractivity contribution in [2.45, 2.75) is 12.3 Å². The largest absolute Gasteiger partial charge is 0.481 e. The van der Waals surface area contributed by atoms with E-state index in [1.807, 2.05) is 48.5 Å². The Labute approximate surface area is 128 Å². The lowest BCUT2D eigenvalue weighted by molar-refractivity contribution is -0.150. The Kier molecular flexibility index (Phi) is 3.67. The number of aliphatic carboxylic acids is 1. The normalized spacial score (nSPS) is 14.0. The number of hydrogen-bond acceptors (Lipinski definition) is 3. The van der Waals surface area contributed by atoms with Crippen molar-refractivity contribution in [1.29, 1.82) is 0 Å². The molecule has 1 N–H and O–H groups in total. The van der Waals surface area contributed by atoms with E-state index >= 15 is 0 Å². The van der Waals surface area contributed by atoms with Gasteiger partial charge in [0, 0.05) is 5.92 Å². The molecule has 4 nitrogen and oxygen atoms in total. The van der Waals surface area contributed by atoms with Crippen LogP contribution in [0.5, 0.6) is 0 Å². The van der Waals surface area contributed by atoms with Crippen LogP contribution in [0.15, 0.2) is 48.5 Å². The first-order chi connectivity index (χ1) is 10.6. The van der Waals surface area contributed by atoms with E-state index in [-0.39, 0.29) is 12.3 Å². The van der Waals surface area contributed by atoms with Crippen molar-refractivity contribution in [2.24, 2.45) is 5.92 Å². The van der Waals surface area contributed by atoms with Gasteiger partial charge < -0.3 is 9.84 Å². The van der Waals surface area contributed by atoms with Gasteiger partial charge in [-0.15, -0.1) is 0 Å². The zero-order chi connectivity index (χ0) is 15.7. The minimum absolute atomic E-state index is 0.140. The fourth-order valence-electron chi connectivity index (χ4n) is 3.24. The summed E-state index contributed by atoms with van der Waals surface area (Å²) in [6, 6.07) is 15.5. The Balaban J connectivity index is 2.12. The van der Waals surface area contributed by atoms with Crippen LogP contribution in [0.3, 0.4) is 0 Å². The molecule has 1 aliphatic rings. The molecule has 0 aliphatic heterocycles. The number of rotatable bonds is 4. The highest BCUT2D eigenvalue weighted by Crippen LogP contribution is 2.48. The van der Waals surface area contributed by atoms with Gasteiger partial charge in [0.25, 0.3) is 0 Å². The van der Waals surface area contributed by atoms with Crippen molar-refractivity contribution >= 4 is 11.9 Å². The van der Waals surface area contributed by atoms with Crippen molar-refractivity contribution in [3.05, 3.63) is 59.7 Å². The maximum Gasteiger partial charge on any atom is 0.308 e. The van der Waals surface area contributed by atoms with Gasteiger partial charge in [-0.3, -0.25) is 9.59 Å². The third-order valence-corrected chi connectivity index (χ3v) is 4.22. The van der Waals surface area contributed by atoms with E-state index in [1.54, 1.807) is 0 Å². The van der Waals surface area contributed by atoms with E-state index in [4.69, 9.17) is 0 Å². The fraction of sp³-hybridized carbons (Fsp3) is 0.222. The van der Waals surface area contributed by atoms with Crippen molar-refractivity contribution < 1.29 is 19.4 Å². The maximum absolute atomic E-state index is 11.7. The Bertz CT molecular complexity index is 690. The highest BCUT2D eigenvalue weighted by molar-refractivity contribution is 5.85. The monoisotopic (exact) mass is 296 g/mol. The van der Waals surface area contributed by atoms with Crippen LogP contribution in [0.4, 0.5) is 0 Å². The molecular formula is C18H16O4. The second-order valence-corrected chi connectivity index (χ2v) is 5.38. The molecule has 0 spiro atoms. The molecule has 0 fully saturated rings. The molecule has 3 rings (SSSR count). The number of ether oxygens (including phenoxy) is 1. The Morgan fingerprint density at radius 1 is 1.05 bits per heavy atom. The maximum atomic E-state index is 11.7. The lowest BCUT2D eigenvalue weighted by Gasteiger charge is -2.21. The SMILES string of the molecule is COC(=O)C[C@@H](C(=O)O)C1c2ccccc2-c2ccccc21. The molecule has 112 valence electrons. The molecule has 0 heterocycles. The second-order valence-electron chi connectivity index (χ2n) is 5.38. The van der Waals surface area contributed by atoms with Crippen LogP contribution in [-0.2, 0) is 14.3 Å². The molecule has 2 aromatic carbocycles. The molecule has 0 bridgehead atoms. The average molecular weight is 296 g/mol. The first-order valence-corrected chi connectivity index (χ1v) is 7.11. The van der Waals surface area contributed by atoms with Gasteiger partial charge in [-0.1, -0.05) is 48.5 Å². The number of carboxylic acids is 1. The van der Waals surface area contributed by atoms with Gasteiger partial charge >= 0.3 is 11.9 Å². The zero-order valence-electron chi connectivity index (χ0n) is 12.2. The molecule has 0 saturated carbocycles. The summed E-state index contributed by atoms with van der Waals surface area (Å²) in [6.45, 7) is 0. The number of carboxylic acid groups (broad SMARTS) is 1. The summed E-state index contributed by atoms with van der Waals surface area (Å²) in [5, 5.41) is 9.62. The standard InChI is InChI=1S/C18H16O4/c1-22-16(19)10-15(18(20)21)17-13-8-4-2-6-11(13)12-7-3-5-9-14(12)17/h2-9,15,17H,10H2,1H3,(H,20,21)/t15-/m1/s1. The smallest absolute Gasteiger partial charge is 0.308 e. The van der Waals surface area contributed by atoms with E-state index in [1.165, 1.54) is 7.11 Å². The van der Waals surface area contributed by atoms with Gasteiger partial charge in [-0.2, -0.15) is 0 Å². The first-order valence-electron chi connectivity index (χ1n) is 7.11. The van der Waals surface area contributed by atoms with Crippen molar-refractivity contribution in [1.82, 2.24) is 0 Å². The number of hydrogen-bond donors (Lipinski definition) is 1. The van der Waals surface area contributed by atoms with Crippen LogP contribution in [0, 0.1) is 5.92 Å². The fourth-order valence-corrected chi connectivity index (χ4v) is 3.24. The summed E-state index contributed by atoms with van der Waals surface area (Å²) in [6.07, 6.45) is -0.140. The van der Waals surface area contributed by atoms with Crippen LogP contribution >= 0.6 is 0 Å². The third kappa shape index (κ3) is 2.26. The van der Waals surface area contributed by atoms with E-state index in [0.717, 1.165) is 22.3 Å². The zero-order valence-corrected chi connectivity index (χ0v) is 12.2. The molecule has 22 heavy (non-hydrogen) atoms. The number of methoxy groups -OCH3 is 1. The topological polar surface area (TPSA) is 63.6 Å². The van der Waals surface area contributed by atoms with E-state index in [9.17, 15) is 14.7 Å². The Morgan fingerprint density at radius 2 is 1.55 bits per heavy atom. The number of esters is 1. The predicted molar refractivity (Wildman–Crippen MR) is 81.5 cm³/mol. The van der Waals surface area contributed by atoms with Gasteiger partial charge in [-0.05, 0) is 22.3 Å². The van der Waals surface area contributed by atoms with Crippen molar-refractivity contribution in [3.8, 4) is 11.1 Å². The van der Waals surface area contributed by atoms with Crippen LogP contribution in [0.25, 0.3) is 11.1 Å². The van der Waals surface area contributed by atoms with E-state index in [2.05, 4.69) is 4.74 Å². The highest BCUT2D eigenvalue weighted by atomic mass is 16.5. The van der Waals surface area contributed by atoms with Crippen LogP contribution in [0.2, 0.25) is 0 Å². The van der Waals surface area contributed by atoms with Gasteiger partial charge in [0.05, 0.1) is 19.4 Å². The summed E-state index contributed by atoms with van der Waals surface area (Å²) in [7, 11) is 1.28. The lowest BCUT2D eigenvalue weighted by atomic mass is 9.82. The minimum Gasteiger partial charge on any atom is -0.481 e. The van der Waals surface area contributed by atoms with Crippen LogP contribution < -0.4 is 0 Å². The molecule has 2 aromatic rings. The summed E-state index contributed by atoms with van der Waals surface area (Å²) in [5.74, 6) is -2.66. The molecule has 0 aromatic heterocycles. The lowest BCUT2D eigenvalue weighted by Crippen LogP contribution is -2.25. The predicted octanol–water partition coefficient (Wildman–Crippen LogP) is 3.06. The van der Waals surface area contributed by atoms with Crippen LogP contribution in [0.1, 0.15) is 23.5 Å². The van der Waals surface area contributed by atoms with Crippen molar-refractivity contribution in [3.63, 3.8) is 0 Å². The molecule has 1 aliphatic carbocycles. The third-order valence-electron chi connectivity index (χ3n) is 4.22. The quantitative estimate of drug-likeness (QED) is 0.881. The van der Waals surface area contributed by atoms with Gasteiger partial charge in [0.15, 0.2) is 0 Å². The molecule has 0 amide bonds. The number of benzene rings is 2. The minimum atomic E-state index is -0.984. The van der Waals surface area contributed by atoms with Crippen molar-refractivity contribution in [2.75, 3.05) is 7.11 Å². The molecule has 4 heteroatoms. The van der Waals surface area contributed by atoms with Gasteiger partial charge in [0.1, 0.15) is 0 Å².